The fourth-order valence-corrected chi connectivity index (χ4v) is 1.74. The molecule has 17 heavy (non-hydrogen) atoms. The standard InChI is InChI=1S/C13H16N2O2/c1-10(2)15-8-7-14(13(15)17)9-11-3-5-12(16)6-4-11/h3-8,10,16H,9H2,1-2H3. The van der Waals surface area contributed by atoms with E-state index in [1.165, 1.54) is 0 Å². The number of phenols is 1. The Morgan fingerprint density at radius 1 is 1.18 bits per heavy atom. The van der Waals surface area contributed by atoms with Gasteiger partial charge in [-0.25, -0.2) is 4.79 Å². The first-order valence-corrected chi connectivity index (χ1v) is 5.63. The van der Waals surface area contributed by atoms with E-state index in [9.17, 15) is 9.90 Å². The highest BCUT2D eigenvalue weighted by Gasteiger charge is 2.06. The van der Waals surface area contributed by atoms with E-state index in [1.807, 2.05) is 26.0 Å². The number of nitrogens with zero attached hydrogens (tertiary/aromatic N) is 2. The van der Waals surface area contributed by atoms with Gasteiger partial charge in [-0.1, -0.05) is 12.1 Å². The van der Waals surface area contributed by atoms with Gasteiger partial charge in [0.15, 0.2) is 0 Å². The minimum absolute atomic E-state index is 0.00641. The van der Waals surface area contributed by atoms with Crippen LogP contribution in [0, 0.1) is 0 Å². The average molecular weight is 232 g/mol. The molecule has 0 radical (unpaired) electrons. The second-order valence-corrected chi connectivity index (χ2v) is 4.38. The molecule has 1 aromatic carbocycles. The number of benzene rings is 1. The van der Waals surface area contributed by atoms with Crippen molar-refractivity contribution >= 4 is 0 Å². The van der Waals surface area contributed by atoms with Crippen molar-refractivity contribution in [2.24, 2.45) is 0 Å². The van der Waals surface area contributed by atoms with Crippen LogP contribution in [0.25, 0.3) is 0 Å². The minimum Gasteiger partial charge on any atom is -0.508 e. The molecule has 90 valence electrons. The third-order valence-corrected chi connectivity index (χ3v) is 2.72. The zero-order chi connectivity index (χ0) is 12.4. The molecule has 2 rings (SSSR count). The molecule has 0 atom stereocenters. The van der Waals surface area contributed by atoms with Crippen molar-refractivity contribution in [3.05, 3.63) is 52.7 Å². The molecular weight excluding hydrogens is 216 g/mol. The van der Waals surface area contributed by atoms with Gasteiger partial charge in [0.2, 0.25) is 0 Å². The fourth-order valence-electron chi connectivity index (χ4n) is 1.74. The highest BCUT2D eigenvalue weighted by atomic mass is 16.3. The fraction of sp³-hybridized carbons (Fsp3) is 0.308. The molecule has 0 saturated heterocycles. The Bertz CT molecular complexity index is 550. The quantitative estimate of drug-likeness (QED) is 0.879. The van der Waals surface area contributed by atoms with Gasteiger partial charge in [0.05, 0.1) is 6.54 Å². The van der Waals surface area contributed by atoms with E-state index in [1.54, 1.807) is 33.7 Å². The topological polar surface area (TPSA) is 47.2 Å². The second kappa shape index (κ2) is 4.49. The van der Waals surface area contributed by atoms with Crippen LogP contribution in [0.3, 0.4) is 0 Å². The number of phenolic OH excluding ortho intramolecular Hbond substituents is 1. The molecule has 0 spiro atoms. The summed E-state index contributed by atoms with van der Waals surface area (Å²) in [4.78, 5) is 12.0. The Morgan fingerprint density at radius 3 is 2.35 bits per heavy atom. The number of hydrogen-bond acceptors (Lipinski definition) is 2. The second-order valence-electron chi connectivity index (χ2n) is 4.38. The summed E-state index contributed by atoms with van der Waals surface area (Å²) in [7, 11) is 0. The molecule has 0 aliphatic carbocycles. The molecule has 4 nitrogen and oxygen atoms in total. The number of aromatic nitrogens is 2. The Hall–Kier alpha value is -1.97. The Morgan fingerprint density at radius 2 is 1.82 bits per heavy atom. The van der Waals surface area contributed by atoms with Gasteiger partial charge in [-0.05, 0) is 31.5 Å². The predicted molar refractivity (Wildman–Crippen MR) is 66.3 cm³/mol. The van der Waals surface area contributed by atoms with Crippen LogP contribution in [0.5, 0.6) is 5.75 Å². The zero-order valence-electron chi connectivity index (χ0n) is 10.00. The highest BCUT2D eigenvalue weighted by molar-refractivity contribution is 5.26. The van der Waals surface area contributed by atoms with Crippen LogP contribution in [-0.2, 0) is 6.54 Å². The lowest BCUT2D eigenvalue weighted by Crippen LogP contribution is -2.25. The van der Waals surface area contributed by atoms with Crippen molar-refractivity contribution in [2.45, 2.75) is 26.4 Å². The summed E-state index contributed by atoms with van der Waals surface area (Å²) in [5, 5.41) is 9.18. The van der Waals surface area contributed by atoms with Gasteiger partial charge in [0.25, 0.3) is 0 Å². The van der Waals surface area contributed by atoms with Crippen molar-refractivity contribution in [2.75, 3.05) is 0 Å². The largest absolute Gasteiger partial charge is 0.508 e. The van der Waals surface area contributed by atoms with Gasteiger partial charge in [-0.2, -0.15) is 0 Å². The maximum absolute atomic E-state index is 12.0. The van der Waals surface area contributed by atoms with E-state index in [0.29, 0.717) is 6.54 Å². The molecule has 0 saturated carbocycles. The van der Waals surface area contributed by atoms with E-state index >= 15 is 0 Å². The van der Waals surface area contributed by atoms with Gasteiger partial charge in [-0.15, -0.1) is 0 Å². The summed E-state index contributed by atoms with van der Waals surface area (Å²) >= 11 is 0. The van der Waals surface area contributed by atoms with Gasteiger partial charge >= 0.3 is 5.69 Å². The first-order valence-electron chi connectivity index (χ1n) is 5.63. The third kappa shape index (κ3) is 2.41. The van der Waals surface area contributed by atoms with E-state index < -0.39 is 0 Å². The summed E-state index contributed by atoms with van der Waals surface area (Å²) in [6.07, 6.45) is 3.59. The molecule has 0 aliphatic heterocycles. The summed E-state index contributed by atoms with van der Waals surface area (Å²) in [6, 6.07) is 7.05. The van der Waals surface area contributed by atoms with Crippen LogP contribution in [-0.4, -0.2) is 14.2 Å². The normalized spacial score (nSPS) is 11.0. The van der Waals surface area contributed by atoms with Crippen LogP contribution < -0.4 is 5.69 Å². The lowest BCUT2D eigenvalue weighted by Gasteiger charge is -2.05. The molecule has 0 amide bonds. The smallest absolute Gasteiger partial charge is 0.328 e. The lowest BCUT2D eigenvalue weighted by molar-refractivity contribution is 0.475. The first-order chi connectivity index (χ1) is 8.08. The maximum atomic E-state index is 12.0. The average Bonchev–Trinajstić information content (AvgIpc) is 2.64. The van der Waals surface area contributed by atoms with Gasteiger partial charge in [-0.3, -0.25) is 9.13 Å². The van der Waals surface area contributed by atoms with Crippen LogP contribution >= 0.6 is 0 Å². The minimum atomic E-state index is -0.00641. The molecule has 4 heteroatoms. The van der Waals surface area contributed by atoms with E-state index in [4.69, 9.17) is 0 Å². The Kier molecular flexibility index (Phi) is 3.04. The van der Waals surface area contributed by atoms with Crippen molar-refractivity contribution in [1.82, 2.24) is 9.13 Å². The molecule has 1 N–H and O–H groups in total. The molecule has 0 fully saturated rings. The SMILES string of the molecule is CC(C)n1ccn(Cc2ccc(O)cc2)c1=O. The van der Waals surface area contributed by atoms with Crippen LogP contribution in [0.1, 0.15) is 25.5 Å². The van der Waals surface area contributed by atoms with Gasteiger partial charge < -0.3 is 5.11 Å². The van der Waals surface area contributed by atoms with Crippen LogP contribution in [0.4, 0.5) is 0 Å². The molecule has 1 heterocycles. The predicted octanol–water partition coefficient (Wildman–Crippen LogP) is 1.98. The van der Waals surface area contributed by atoms with Crippen LogP contribution in [0.2, 0.25) is 0 Å². The van der Waals surface area contributed by atoms with Crippen molar-refractivity contribution in [1.29, 1.82) is 0 Å². The molecular formula is C13H16N2O2. The highest BCUT2D eigenvalue weighted by Crippen LogP contribution is 2.10. The van der Waals surface area contributed by atoms with Gasteiger partial charge in [0.1, 0.15) is 5.75 Å². The summed E-state index contributed by atoms with van der Waals surface area (Å²) in [6.45, 7) is 4.48. The number of aromatic hydroxyl groups is 1. The monoisotopic (exact) mass is 232 g/mol. The third-order valence-electron chi connectivity index (χ3n) is 2.72. The van der Waals surface area contributed by atoms with E-state index in [0.717, 1.165) is 5.56 Å². The molecule has 2 aromatic rings. The summed E-state index contributed by atoms with van der Waals surface area (Å²) < 4.78 is 3.35. The molecule has 0 unspecified atom stereocenters. The number of rotatable bonds is 3. The lowest BCUT2D eigenvalue weighted by atomic mass is 10.2. The number of imidazole rings is 1. The number of hydrogen-bond donors (Lipinski definition) is 1. The molecule has 0 aliphatic rings. The van der Waals surface area contributed by atoms with Crippen molar-refractivity contribution < 1.29 is 5.11 Å². The molecule has 0 bridgehead atoms. The van der Waals surface area contributed by atoms with Crippen LogP contribution in [0.15, 0.2) is 41.5 Å². The van der Waals surface area contributed by atoms with Crippen molar-refractivity contribution in [3.8, 4) is 5.75 Å². The Balaban J connectivity index is 2.25. The van der Waals surface area contributed by atoms with Crippen molar-refractivity contribution in [3.63, 3.8) is 0 Å². The summed E-state index contributed by atoms with van der Waals surface area (Å²) in [5.41, 5.74) is 0.986. The molecule has 1 aromatic heterocycles. The zero-order valence-corrected chi connectivity index (χ0v) is 10.00. The first kappa shape index (κ1) is 11.5. The van der Waals surface area contributed by atoms with Gasteiger partial charge in [0, 0.05) is 18.4 Å². The summed E-state index contributed by atoms with van der Waals surface area (Å²) in [5.74, 6) is 0.237. The maximum Gasteiger partial charge on any atom is 0.328 e. The van der Waals surface area contributed by atoms with E-state index in [-0.39, 0.29) is 17.5 Å². The Labute approximate surface area is 99.8 Å². The van der Waals surface area contributed by atoms with E-state index in [2.05, 4.69) is 0 Å².